The molecule has 1 saturated carbocycles. The number of morpholine rings is 1. The summed E-state index contributed by atoms with van der Waals surface area (Å²) in [6.07, 6.45) is 4.51. The standard InChI is InChI=1S/C18H25NO5/c1-21-15-10-12(11-16(22-2)17(15)23-3)18(20)19-8-9-24-14-7-5-4-6-13(14)19/h10-11,13-14H,4-9H2,1-3H3/t13-,14-/m0/s1. The van der Waals surface area contributed by atoms with E-state index in [-0.39, 0.29) is 18.1 Å². The summed E-state index contributed by atoms with van der Waals surface area (Å²) in [6.45, 7) is 1.22. The minimum Gasteiger partial charge on any atom is -0.493 e. The van der Waals surface area contributed by atoms with Gasteiger partial charge in [0.2, 0.25) is 5.75 Å². The molecule has 1 aliphatic heterocycles. The Labute approximate surface area is 142 Å². The minimum atomic E-state index is -0.00514. The van der Waals surface area contributed by atoms with Gasteiger partial charge in [0.05, 0.1) is 40.1 Å². The zero-order valence-corrected chi connectivity index (χ0v) is 14.5. The fraction of sp³-hybridized carbons (Fsp3) is 0.611. The highest BCUT2D eigenvalue weighted by Crippen LogP contribution is 2.39. The number of amides is 1. The molecule has 1 aliphatic carbocycles. The first-order valence-electron chi connectivity index (χ1n) is 8.42. The van der Waals surface area contributed by atoms with Crippen LogP contribution in [0.15, 0.2) is 12.1 Å². The lowest BCUT2D eigenvalue weighted by atomic mass is 9.89. The first-order chi connectivity index (χ1) is 11.7. The summed E-state index contributed by atoms with van der Waals surface area (Å²) in [5.74, 6) is 1.48. The predicted octanol–water partition coefficient (Wildman–Crippen LogP) is 2.50. The molecule has 1 amide bonds. The SMILES string of the molecule is COc1cc(C(=O)N2CCO[C@H]3CCCC[C@@H]32)cc(OC)c1OC. The van der Waals surface area contributed by atoms with E-state index in [1.165, 1.54) is 6.42 Å². The van der Waals surface area contributed by atoms with Gasteiger partial charge in [-0.25, -0.2) is 0 Å². The Morgan fingerprint density at radius 3 is 2.38 bits per heavy atom. The second-order valence-electron chi connectivity index (χ2n) is 6.17. The maximum absolute atomic E-state index is 13.1. The Hall–Kier alpha value is -1.95. The molecule has 132 valence electrons. The van der Waals surface area contributed by atoms with Crippen molar-refractivity contribution in [3.8, 4) is 17.2 Å². The molecule has 2 fully saturated rings. The van der Waals surface area contributed by atoms with Crippen LogP contribution >= 0.6 is 0 Å². The first kappa shape index (κ1) is 16.9. The molecule has 2 atom stereocenters. The predicted molar refractivity (Wildman–Crippen MR) is 89.1 cm³/mol. The summed E-state index contributed by atoms with van der Waals surface area (Å²) in [5, 5.41) is 0. The van der Waals surface area contributed by atoms with Crippen molar-refractivity contribution in [3.05, 3.63) is 17.7 Å². The normalized spacial score (nSPS) is 23.4. The zero-order valence-electron chi connectivity index (χ0n) is 14.5. The third-order valence-electron chi connectivity index (χ3n) is 4.90. The maximum Gasteiger partial charge on any atom is 0.254 e. The van der Waals surface area contributed by atoms with Crippen molar-refractivity contribution in [2.75, 3.05) is 34.5 Å². The van der Waals surface area contributed by atoms with Gasteiger partial charge < -0.3 is 23.8 Å². The molecule has 0 aromatic heterocycles. The molecule has 24 heavy (non-hydrogen) atoms. The van der Waals surface area contributed by atoms with Gasteiger partial charge in [-0.3, -0.25) is 4.79 Å². The van der Waals surface area contributed by atoms with Crippen molar-refractivity contribution in [1.29, 1.82) is 0 Å². The van der Waals surface area contributed by atoms with E-state index in [1.807, 2.05) is 4.90 Å². The van der Waals surface area contributed by atoms with E-state index < -0.39 is 0 Å². The number of carbonyl (C=O) groups is 1. The van der Waals surface area contributed by atoms with E-state index in [0.717, 1.165) is 19.3 Å². The van der Waals surface area contributed by atoms with E-state index in [9.17, 15) is 4.79 Å². The Balaban J connectivity index is 1.91. The fourth-order valence-electron chi connectivity index (χ4n) is 3.72. The molecule has 3 rings (SSSR count). The number of rotatable bonds is 4. The zero-order chi connectivity index (χ0) is 17.1. The van der Waals surface area contributed by atoms with Crippen molar-refractivity contribution >= 4 is 5.91 Å². The maximum atomic E-state index is 13.1. The molecule has 6 heteroatoms. The van der Waals surface area contributed by atoms with Crippen LogP contribution in [-0.2, 0) is 4.74 Å². The molecule has 1 aromatic rings. The van der Waals surface area contributed by atoms with Gasteiger partial charge in [0, 0.05) is 12.1 Å². The summed E-state index contributed by atoms with van der Waals surface area (Å²) in [5.41, 5.74) is 0.552. The van der Waals surface area contributed by atoms with E-state index in [0.29, 0.717) is 36.0 Å². The molecular weight excluding hydrogens is 310 g/mol. The van der Waals surface area contributed by atoms with Gasteiger partial charge in [0.25, 0.3) is 5.91 Å². The van der Waals surface area contributed by atoms with Crippen molar-refractivity contribution < 1.29 is 23.7 Å². The van der Waals surface area contributed by atoms with Crippen LogP contribution in [0.3, 0.4) is 0 Å². The Morgan fingerprint density at radius 2 is 1.75 bits per heavy atom. The molecule has 0 radical (unpaired) electrons. The third-order valence-corrected chi connectivity index (χ3v) is 4.90. The van der Waals surface area contributed by atoms with Gasteiger partial charge in [0.1, 0.15) is 0 Å². The molecular formula is C18H25NO5. The molecule has 2 aliphatic rings. The van der Waals surface area contributed by atoms with Gasteiger partial charge >= 0.3 is 0 Å². The van der Waals surface area contributed by atoms with Crippen LogP contribution in [0.4, 0.5) is 0 Å². The molecule has 0 spiro atoms. The lowest BCUT2D eigenvalue weighted by Crippen LogP contribution is -2.54. The molecule has 0 bridgehead atoms. The molecule has 1 heterocycles. The van der Waals surface area contributed by atoms with Gasteiger partial charge in [-0.05, 0) is 25.0 Å². The smallest absolute Gasteiger partial charge is 0.254 e. The largest absolute Gasteiger partial charge is 0.493 e. The lowest BCUT2D eigenvalue weighted by molar-refractivity contribution is -0.0752. The number of ether oxygens (including phenoxy) is 4. The summed E-state index contributed by atoms with van der Waals surface area (Å²) >= 11 is 0. The third kappa shape index (κ3) is 3.02. The van der Waals surface area contributed by atoms with Gasteiger partial charge in [0.15, 0.2) is 11.5 Å². The van der Waals surface area contributed by atoms with E-state index >= 15 is 0 Å². The number of fused-ring (bicyclic) bond motifs is 1. The van der Waals surface area contributed by atoms with Gasteiger partial charge in [-0.1, -0.05) is 12.8 Å². The second kappa shape index (κ2) is 7.30. The van der Waals surface area contributed by atoms with Crippen molar-refractivity contribution in [2.45, 2.75) is 37.8 Å². The quantitative estimate of drug-likeness (QED) is 0.846. The molecule has 0 unspecified atom stereocenters. The number of methoxy groups -OCH3 is 3. The highest BCUT2D eigenvalue weighted by atomic mass is 16.5. The number of nitrogens with zero attached hydrogens (tertiary/aromatic N) is 1. The highest BCUT2D eigenvalue weighted by molar-refractivity contribution is 5.96. The van der Waals surface area contributed by atoms with Gasteiger partial charge in [-0.15, -0.1) is 0 Å². The molecule has 0 N–H and O–H groups in total. The minimum absolute atomic E-state index is 0.00514. The summed E-state index contributed by atoms with van der Waals surface area (Å²) in [7, 11) is 4.66. The summed E-state index contributed by atoms with van der Waals surface area (Å²) in [6, 6.07) is 3.60. The van der Waals surface area contributed by atoms with Crippen LogP contribution in [-0.4, -0.2) is 57.4 Å². The van der Waals surface area contributed by atoms with Crippen LogP contribution in [0.1, 0.15) is 36.0 Å². The monoisotopic (exact) mass is 335 g/mol. The average Bonchev–Trinajstić information content (AvgIpc) is 2.65. The number of benzene rings is 1. The molecule has 1 aromatic carbocycles. The van der Waals surface area contributed by atoms with Gasteiger partial charge in [-0.2, -0.15) is 0 Å². The van der Waals surface area contributed by atoms with Crippen molar-refractivity contribution in [1.82, 2.24) is 4.90 Å². The van der Waals surface area contributed by atoms with E-state index in [2.05, 4.69) is 0 Å². The Bertz CT molecular complexity index is 576. The van der Waals surface area contributed by atoms with E-state index in [4.69, 9.17) is 18.9 Å². The number of hydrogen-bond donors (Lipinski definition) is 0. The average molecular weight is 335 g/mol. The van der Waals surface area contributed by atoms with Crippen LogP contribution in [0, 0.1) is 0 Å². The lowest BCUT2D eigenvalue weighted by Gasteiger charge is -2.43. The second-order valence-corrected chi connectivity index (χ2v) is 6.17. The van der Waals surface area contributed by atoms with Crippen molar-refractivity contribution in [3.63, 3.8) is 0 Å². The Kier molecular flexibility index (Phi) is 5.14. The highest BCUT2D eigenvalue weighted by Gasteiger charge is 2.37. The van der Waals surface area contributed by atoms with E-state index in [1.54, 1.807) is 33.5 Å². The topological polar surface area (TPSA) is 57.2 Å². The summed E-state index contributed by atoms with van der Waals surface area (Å²) < 4.78 is 21.9. The molecule has 6 nitrogen and oxygen atoms in total. The first-order valence-corrected chi connectivity index (χ1v) is 8.42. The fourth-order valence-corrected chi connectivity index (χ4v) is 3.72. The number of carbonyl (C=O) groups excluding carboxylic acids is 1. The van der Waals surface area contributed by atoms with Crippen molar-refractivity contribution in [2.24, 2.45) is 0 Å². The number of hydrogen-bond acceptors (Lipinski definition) is 5. The van der Waals surface area contributed by atoms with Crippen LogP contribution in [0.2, 0.25) is 0 Å². The van der Waals surface area contributed by atoms with Crippen LogP contribution < -0.4 is 14.2 Å². The molecule has 1 saturated heterocycles. The van der Waals surface area contributed by atoms with Crippen LogP contribution in [0.5, 0.6) is 17.2 Å². The van der Waals surface area contributed by atoms with Crippen LogP contribution in [0.25, 0.3) is 0 Å². The summed E-state index contributed by atoms with van der Waals surface area (Å²) in [4.78, 5) is 15.1. The Morgan fingerprint density at radius 1 is 1.08 bits per heavy atom.